The van der Waals surface area contributed by atoms with Crippen LogP contribution in [0.4, 0.5) is 8.39 Å². The maximum atomic E-state index is 12.6. The van der Waals surface area contributed by atoms with E-state index < -0.39 is 8.54 Å². The van der Waals surface area contributed by atoms with E-state index in [4.69, 9.17) is 0 Å². The average Bonchev–Trinajstić information content (AvgIpc) is 2.70. The summed E-state index contributed by atoms with van der Waals surface area (Å²) in [6.45, 7) is 14.6. The molecule has 0 saturated heterocycles. The van der Waals surface area contributed by atoms with Crippen molar-refractivity contribution < 1.29 is 13.2 Å². The van der Waals surface area contributed by atoms with Gasteiger partial charge in [0.25, 0.3) is 8.54 Å². The molecule has 0 aliphatic rings. The standard InChI is InChI=1S/C20H27F2N2OP.C2H4/c1-5-15(2)12-16(3)6-7-17(4)23-14-20(25)24-13-18-8-10-19(11-9-18)26(21)22;1-2/h6-12,23H,5,13-14H2,1-4H3,(H,24,25);1-2H2/b15-12+,16-6-,17-7+;. The van der Waals surface area contributed by atoms with Crippen molar-refractivity contribution in [1.82, 2.24) is 10.6 Å². The number of carbonyl (C=O) groups is 1. The summed E-state index contributed by atoms with van der Waals surface area (Å²) in [7, 11) is -3.07. The van der Waals surface area contributed by atoms with Crippen LogP contribution in [0.5, 0.6) is 0 Å². The minimum absolute atomic E-state index is 0.0461. The first-order valence-electron chi connectivity index (χ1n) is 9.05. The SMILES string of the molecule is C=C.CC/C(C)=C/C(C)=C\C=C(/C)NCC(=O)NCc1ccc(P(F)F)cc1. The molecule has 2 N–H and O–H groups in total. The molecule has 0 aromatic heterocycles. The predicted octanol–water partition coefficient (Wildman–Crippen LogP) is 5.78. The minimum Gasteiger partial charge on any atom is -0.380 e. The molecule has 1 rings (SSSR count). The summed E-state index contributed by atoms with van der Waals surface area (Å²) in [6, 6.07) is 6.04. The highest BCUT2D eigenvalue weighted by molar-refractivity contribution is 7.55. The zero-order valence-electron chi connectivity index (χ0n) is 17.2. The quantitative estimate of drug-likeness (QED) is 0.309. The second kappa shape index (κ2) is 14.8. The van der Waals surface area contributed by atoms with Gasteiger partial charge in [0.15, 0.2) is 0 Å². The lowest BCUT2D eigenvalue weighted by atomic mass is 10.1. The molecule has 0 saturated carbocycles. The van der Waals surface area contributed by atoms with Crippen molar-refractivity contribution in [1.29, 1.82) is 0 Å². The topological polar surface area (TPSA) is 41.1 Å². The predicted molar refractivity (Wildman–Crippen MR) is 118 cm³/mol. The summed E-state index contributed by atoms with van der Waals surface area (Å²) in [5.74, 6) is -0.150. The molecule has 1 amide bonds. The number of nitrogens with one attached hydrogen (secondary N) is 2. The maximum Gasteiger partial charge on any atom is 0.298 e. The highest BCUT2D eigenvalue weighted by Gasteiger charge is 2.08. The van der Waals surface area contributed by atoms with Gasteiger partial charge in [-0.1, -0.05) is 42.4 Å². The number of halogens is 2. The number of rotatable bonds is 9. The number of carbonyl (C=O) groups excluding carboxylic acids is 1. The molecule has 0 aliphatic heterocycles. The molecular weight excluding hydrogens is 377 g/mol. The second-order valence-corrected chi connectivity index (χ2v) is 7.12. The Bertz CT molecular complexity index is 695. The minimum atomic E-state index is -3.07. The van der Waals surface area contributed by atoms with Crippen LogP contribution < -0.4 is 15.9 Å². The van der Waals surface area contributed by atoms with E-state index in [1.165, 1.54) is 17.7 Å². The molecule has 3 nitrogen and oxygen atoms in total. The van der Waals surface area contributed by atoms with E-state index in [9.17, 15) is 13.2 Å². The molecule has 0 radical (unpaired) electrons. The van der Waals surface area contributed by atoms with Crippen LogP contribution in [0.3, 0.4) is 0 Å². The van der Waals surface area contributed by atoms with Crippen LogP contribution in [0, 0.1) is 0 Å². The fourth-order valence-corrected chi connectivity index (χ4v) is 2.44. The smallest absolute Gasteiger partial charge is 0.298 e. The lowest BCUT2D eigenvalue weighted by Crippen LogP contribution is -2.32. The van der Waals surface area contributed by atoms with E-state index in [1.54, 1.807) is 12.1 Å². The van der Waals surface area contributed by atoms with Crippen molar-refractivity contribution in [3.63, 3.8) is 0 Å². The Morgan fingerprint density at radius 2 is 1.68 bits per heavy atom. The number of hydrogen-bond acceptors (Lipinski definition) is 2. The summed E-state index contributed by atoms with van der Waals surface area (Å²) in [6.07, 6.45) is 7.10. The van der Waals surface area contributed by atoms with Gasteiger partial charge in [-0.3, -0.25) is 4.79 Å². The van der Waals surface area contributed by atoms with Gasteiger partial charge in [0, 0.05) is 17.5 Å². The molecule has 0 heterocycles. The van der Waals surface area contributed by atoms with E-state index in [-0.39, 0.29) is 17.8 Å². The summed E-state index contributed by atoms with van der Waals surface area (Å²) in [5, 5.41) is 5.86. The van der Waals surface area contributed by atoms with Gasteiger partial charge < -0.3 is 10.6 Å². The third kappa shape index (κ3) is 11.5. The van der Waals surface area contributed by atoms with Crippen LogP contribution in [0.2, 0.25) is 0 Å². The molecule has 0 atom stereocenters. The van der Waals surface area contributed by atoms with E-state index >= 15 is 0 Å². The molecule has 0 fully saturated rings. The number of allylic oxidation sites excluding steroid dienone is 6. The lowest BCUT2D eigenvalue weighted by molar-refractivity contribution is -0.120. The fraction of sp³-hybridized carbons (Fsp3) is 0.318. The Kier molecular flexibility index (Phi) is 13.6. The van der Waals surface area contributed by atoms with Crippen LogP contribution in [-0.2, 0) is 11.3 Å². The first kappa shape index (κ1) is 25.7. The van der Waals surface area contributed by atoms with Crippen LogP contribution in [-0.4, -0.2) is 12.5 Å². The fourth-order valence-electron chi connectivity index (χ4n) is 2.06. The average molecular weight is 408 g/mol. The van der Waals surface area contributed by atoms with E-state index in [0.717, 1.165) is 23.3 Å². The Morgan fingerprint density at radius 3 is 2.21 bits per heavy atom. The molecule has 1 aromatic carbocycles. The van der Waals surface area contributed by atoms with Crippen molar-refractivity contribution in [2.24, 2.45) is 0 Å². The van der Waals surface area contributed by atoms with E-state index in [2.05, 4.69) is 43.7 Å². The van der Waals surface area contributed by atoms with Crippen molar-refractivity contribution in [2.45, 2.75) is 40.7 Å². The van der Waals surface area contributed by atoms with Gasteiger partial charge in [0.2, 0.25) is 5.91 Å². The summed E-state index contributed by atoms with van der Waals surface area (Å²) in [5.41, 5.74) is 4.16. The van der Waals surface area contributed by atoms with Crippen molar-refractivity contribution in [3.05, 3.63) is 78.1 Å². The van der Waals surface area contributed by atoms with Gasteiger partial charge in [0.05, 0.1) is 6.54 Å². The number of amides is 1. The van der Waals surface area contributed by atoms with Gasteiger partial charge in [-0.15, -0.1) is 13.2 Å². The Hall–Kier alpha value is -2.26. The summed E-state index contributed by atoms with van der Waals surface area (Å²) in [4.78, 5) is 11.9. The van der Waals surface area contributed by atoms with Gasteiger partial charge in [-0.25, -0.2) is 0 Å². The third-order valence-corrected chi connectivity index (χ3v) is 4.47. The van der Waals surface area contributed by atoms with Crippen LogP contribution in [0.1, 0.15) is 39.7 Å². The summed E-state index contributed by atoms with van der Waals surface area (Å²) < 4.78 is 25.1. The largest absolute Gasteiger partial charge is 0.380 e. The molecule has 0 spiro atoms. The number of benzene rings is 1. The zero-order valence-corrected chi connectivity index (χ0v) is 18.1. The van der Waals surface area contributed by atoms with Crippen molar-refractivity contribution in [2.75, 3.05) is 6.54 Å². The monoisotopic (exact) mass is 408 g/mol. The molecule has 28 heavy (non-hydrogen) atoms. The van der Waals surface area contributed by atoms with Crippen molar-refractivity contribution in [3.8, 4) is 0 Å². The lowest BCUT2D eigenvalue weighted by Gasteiger charge is -2.08. The van der Waals surface area contributed by atoms with Crippen LogP contribution in [0.15, 0.2) is 72.5 Å². The molecule has 0 unspecified atom stereocenters. The van der Waals surface area contributed by atoms with Crippen LogP contribution in [0.25, 0.3) is 0 Å². The van der Waals surface area contributed by atoms with E-state index in [1.807, 2.05) is 26.0 Å². The first-order chi connectivity index (χ1) is 13.3. The van der Waals surface area contributed by atoms with Gasteiger partial charge in [-0.05, 0) is 51.0 Å². The highest BCUT2D eigenvalue weighted by atomic mass is 31.2. The van der Waals surface area contributed by atoms with Gasteiger partial charge in [-0.2, -0.15) is 8.39 Å². The molecule has 154 valence electrons. The highest BCUT2D eigenvalue weighted by Crippen LogP contribution is 2.36. The van der Waals surface area contributed by atoms with E-state index in [0.29, 0.717) is 6.54 Å². The first-order valence-corrected chi connectivity index (χ1v) is 10.2. The van der Waals surface area contributed by atoms with Crippen molar-refractivity contribution >= 4 is 19.8 Å². The summed E-state index contributed by atoms with van der Waals surface area (Å²) >= 11 is 0. The van der Waals surface area contributed by atoms with Crippen LogP contribution >= 0.6 is 8.54 Å². The Morgan fingerprint density at radius 1 is 1.07 bits per heavy atom. The molecule has 1 aromatic rings. The van der Waals surface area contributed by atoms with Gasteiger partial charge in [0.1, 0.15) is 0 Å². The maximum absolute atomic E-state index is 12.6. The zero-order chi connectivity index (χ0) is 21.5. The van der Waals surface area contributed by atoms with Gasteiger partial charge >= 0.3 is 0 Å². The second-order valence-electron chi connectivity index (χ2n) is 6.13. The molecule has 6 heteroatoms. The normalized spacial score (nSPS) is 12.3. The molecular formula is C22H31F2N2OP. The Labute approximate surface area is 169 Å². The Balaban J connectivity index is 0.00000352. The third-order valence-electron chi connectivity index (χ3n) is 3.78. The molecule has 0 bridgehead atoms. The number of hydrogen-bond donors (Lipinski definition) is 2. The molecule has 0 aliphatic carbocycles.